The molecule has 0 spiro atoms. The van der Waals surface area contributed by atoms with E-state index in [9.17, 15) is 0 Å². The van der Waals surface area contributed by atoms with Gasteiger partial charge in [-0.05, 0) is 35.0 Å². The molecule has 0 aromatic carbocycles. The lowest BCUT2D eigenvalue weighted by Gasteiger charge is -2.43. The van der Waals surface area contributed by atoms with Gasteiger partial charge in [-0.2, -0.15) is 0 Å². The molecule has 0 radical (unpaired) electrons. The second-order valence-electron chi connectivity index (χ2n) is 7.58. The van der Waals surface area contributed by atoms with Crippen molar-refractivity contribution >= 4 is 0 Å². The van der Waals surface area contributed by atoms with Crippen LogP contribution in [0.25, 0.3) is 0 Å². The third-order valence-electron chi connectivity index (χ3n) is 5.74. The minimum absolute atomic E-state index is 0.467. The van der Waals surface area contributed by atoms with Gasteiger partial charge in [-0.1, -0.05) is 81.6 Å². The van der Waals surface area contributed by atoms with E-state index in [-0.39, 0.29) is 0 Å². The largest absolute Gasteiger partial charge is 0.0654 e. The Labute approximate surface area is 117 Å². The van der Waals surface area contributed by atoms with Gasteiger partial charge in [-0.15, -0.1) is 0 Å². The topological polar surface area (TPSA) is 0 Å². The van der Waals surface area contributed by atoms with Crippen LogP contribution in [0.2, 0.25) is 0 Å². The van der Waals surface area contributed by atoms with Gasteiger partial charge in [0.05, 0.1) is 0 Å². The summed E-state index contributed by atoms with van der Waals surface area (Å²) in [5.74, 6) is 4.14. The average Bonchev–Trinajstić information content (AvgIpc) is 2.28. The lowest BCUT2D eigenvalue weighted by molar-refractivity contribution is 0.0550. The molecular formula is C18H38. The summed E-state index contributed by atoms with van der Waals surface area (Å²) < 4.78 is 0. The predicted octanol–water partition coefficient (Wildman–Crippen LogP) is 6.40. The first-order valence-corrected chi connectivity index (χ1v) is 8.18. The first-order chi connectivity index (χ1) is 8.18. The van der Waals surface area contributed by atoms with Gasteiger partial charge in [0.2, 0.25) is 0 Å². The maximum Gasteiger partial charge on any atom is -0.0328 e. The van der Waals surface area contributed by atoms with Crippen molar-refractivity contribution in [3.63, 3.8) is 0 Å². The number of hydrogen-bond donors (Lipinski definition) is 0. The molecule has 4 atom stereocenters. The molecule has 0 nitrogen and oxygen atoms in total. The Balaban J connectivity index is 4.96. The van der Waals surface area contributed by atoms with E-state index < -0.39 is 0 Å². The summed E-state index contributed by atoms with van der Waals surface area (Å²) in [7, 11) is 0. The minimum atomic E-state index is 0.467. The second kappa shape index (κ2) is 7.56. The normalized spacial score (nSPS) is 19.7. The monoisotopic (exact) mass is 254 g/mol. The Bertz CT molecular complexity index is 214. The van der Waals surface area contributed by atoms with Crippen molar-refractivity contribution in [2.24, 2.45) is 35.0 Å². The zero-order chi connectivity index (χ0) is 14.5. The molecule has 18 heavy (non-hydrogen) atoms. The molecule has 0 aromatic heterocycles. The van der Waals surface area contributed by atoms with E-state index in [0.717, 1.165) is 29.6 Å². The first kappa shape index (κ1) is 18.0. The van der Waals surface area contributed by atoms with Crippen molar-refractivity contribution in [1.82, 2.24) is 0 Å². The Morgan fingerprint density at radius 2 is 1.39 bits per heavy atom. The smallest absolute Gasteiger partial charge is 0.0328 e. The highest BCUT2D eigenvalue weighted by atomic mass is 14.4. The number of hydrogen-bond acceptors (Lipinski definition) is 0. The molecule has 0 aliphatic heterocycles. The fraction of sp³-hybridized carbons (Fsp3) is 1.00. The van der Waals surface area contributed by atoms with Gasteiger partial charge < -0.3 is 0 Å². The Kier molecular flexibility index (Phi) is 7.56. The molecule has 0 aliphatic carbocycles. The van der Waals surface area contributed by atoms with Crippen LogP contribution in [0.5, 0.6) is 0 Å². The van der Waals surface area contributed by atoms with Gasteiger partial charge in [-0.25, -0.2) is 0 Å². The minimum Gasteiger partial charge on any atom is -0.0654 e. The van der Waals surface area contributed by atoms with Crippen LogP contribution in [0, 0.1) is 35.0 Å². The van der Waals surface area contributed by atoms with Crippen LogP contribution in [0.1, 0.15) is 81.6 Å². The molecule has 0 bridgehead atoms. The van der Waals surface area contributed by atoms with Crippen LogP contribution in [0.4, 0.5) is 0 Å². The summed E-state index contributed by atoms with van der Waals surface area (Å²) >= 11 is 0. The molecule has 0 fully saturated rings. The van der Waals surface area contributed by atoms with Gasteiger partial charge >= 0.3 is 0 Å². The molecule has 0 saturated heterocycles. The Hall–Kier alpha value is 0. The molecule has 0 amide bonds. The lowest BCUT2D eigenvalue weighted by Crippen LogP contribution is -2.36. The fourth-order valence-corrected chi connectivity index (χ4v) is 3.58. The molecule has 0 aromatic rings. The summed E-state index contributed by atoms with van der Waals surface area (Å²) in [4.78, 5) is 0. The maximum absolute atomic E-state index is 2.49. The molecule has 0 aliphatic rings. The highest BCUT2D eigenvalue weighted by Gasteiger charge is 2.36. The highest BCUT2D eigenvalue weighted by Crippen LogP contribution is 2.44. The van der Waals surface area contributed by atoms with Gasteiger partial charge in [-0.3, -0.25) is 0 Å². The van der Waals surface area contributed by atoms with Crippen LogP contribution >= 0.6 is 0 Å². The van der Waals surface area contributed by atoms with Crippen molar-refractivity contribution in [3.8, 4) is 0 Å². The van der Waals surface area contributed by atoms with Crippen molar-refractivity contribution in [1.29, 1.82) is 0 Å². The van der Waals surface area contributed by atoms with Gasteiger partial charge in [0.25, 0.3) is 0 Å². The van der Waals surface area contributed by atoms with E-state index in [1.54, 1.807) is 0 Å². The molecule has 0 heteroatoms. The zero-order valence-electron chi connectivity index (χ0n) is 14.5. The molecule has 0 rings (SSSR count). The third-order valence-corrected chi connectivity index (χ3v) is 5.74. The Morgan fingerprint density at radius 1 is 0.889 bits per heavy atom. The van der Waals surface area contributed by atoms with E-state index in [4.69, 9.17) is 0 Å². The summed E-state index contributed by atoms with van der Waals surface area (Å²) in [6, 6.07) is 0. The van der Waals surface area contributed by atoms with Crippen LogP contribution in [-0.2, 0) is 0 Å². The van der Waals surface area contributed by atoms with Crippen molar-refractivity contribution < 1.29 is 0 Å². The van der Waals surface area contributed by atoms with Crippen molar-refractivity contribution in [3.05, 3.63) is 0 Å². The zero-order valence-corrected chi connectivity index (χ0v) is 14.5. The van der Waals surface area contributed by atoms with Gasteiger partial charge in [0.15, 0.2) is 0 Å². The molecule has 110 valence electrons. The van der Waals surface area contributed by atoms with Crippen LogP contribution in [0.15, 0.2) is 0 Å². The van der Waals surface area contributed by atoms with E-state index >= 15 is 0 Å². The van der Waals surface area contributed by atoms with E-state index in [0.29, 0.717) is 5.41 Å². The second-order valence-corrected chi connectivity index (χ2v) is 7.58. The molecule has 0 heterocycles. The quantitative estimate of drug-likeness (QED) is 0.470. The molecule has 0 N–H and O–H groups in total. The van der Waals surface area contributed by atoms with E-state index in [2.05, 4.69) is 62.3 Å². The predicted molar refractivity (Wildman–Crippen MR) is 84.8 cm³/mol. The Morgan fingerprint density at radius 3 is 1.72 bits per heavy atom. The van der Waals surface area contributed by atoms with Crippen molar-refractivity contribution in [2.75, 3.05) is 0 Å². The third kappa shape index (κ3) is 4.59. The lowest BCUT2D eigenvalue weighted by atomic mass is 9.62. The fourth-order valence-electron chi connectivity index (χ4n) is 3.58. The van der Waals surface area contributed by atoms with Crippen LogP contribution in [-0.4, -0.2) is 0 Å². The van der Waals surface area contributed by atoms with E-state index in [1.165, 1.54) is 19.3 Å². The molecule has 4 unspecified atom stereocenters. The maximum atomic E-state index is 2.49. The van der Waals surface area contributed by atoms with Crippen molar-refractivity contribution in [2.45, 2.75) is 81.6 Å². The van der Waals surface area contributed by atoms with Gasteiger partial charge in [0, 0.05) is 0 Å². The van der Waals surface area contributed by atoms with Crippen LogP contribution < -0.4 is 0 Å². The first-order valence-electron chi connectivity index (χ1n) is 8.18. The molecule has 0 saturated carbocycles. The summed E-state index contributed by atoms with van der Waals surface area (Å²) in [6.45, 7) is 21.8. The summed E-state index contributed by atoms with van der Waals surface area (Å²) in [6.07, 6.45) is 3.98. The highest BCUT2D eigenvalue weighted by molar-refractivity contribution is 4.85. The van der Waals surface area contributed by atoms with Gasteiger partial charge in [0.1, 0.15) is 0 Å². The number of rotatable bonds is 8. The molecular weight excluding hydrogens is 216 g/mol. The SMILES string of the molecule is CCCC(C)C(C)C(C(C)C)C(C)C(C)(C)CC. The summed E-state index contributed by atoms with van der Waals surface area (Å²) in [5.41, 5.74) is 0.467. The summed E-state index contributed by atoms with van der Waals surface area (Å²) in [5, 5.41) is 0. The van der Waals surface area contributed by atoms with Crippen LogP contribution in [0.3, 0.4) is 0 Å². The van der Waals surface area contributed by atoms with E-state index in [1.807, 2.05) is 0 Å². The standard InChI is InChI=1S/C18H38/c1-10-12-14(5)15(6)17(13(3)4)16(7)18(8,9)11-2/h13-17H,10-12H2,1-9H3. The average molecular weight is 255 g/mol.